The van der Waals surface area contributed by atoms with E-state index in [1.54, 1.807) is 0 Å². The van der Waals surface area contributed by atoms with Crippen molar-refractivity contribution in [3.8, 4) is 16.9 Å². The Morgan fingerprint density at radius 3 is 2.25 bits per heavy atom. The number of aromatic nitrogens is 2. The summed E-state index contributed by atoms with van der Waals surface area (Å²) in [5.41, 5.74) is 4.73. The van der Waals surface area contributed by atoms with E-state index < -0.39 is 0 Å². The fraction of sp³-hybridized carbons (Fsp3) is 0. The summed E-state index contributed by atoms with van der Waals surface area (Å²) in [7, 11) is 0. The molecule has 0 atom stereocenters. The Morgan fingerprint density at radius 1 is 0.625 bits per heavy atom. The Balaban J connectivity index is 1.63. The largest absolute Gasteiger partial charge is 0.293 e. The summed E-state index contributed by atoms with van der Waals surface area (Å²) >= 11 is 1.81. The van der Waals surface area contributed by atoms with E-state index in [1.165, 1.54) is 42.8 Å². The first-order valence-corrected chi connectivity index (χ1v) is 11.6. The molecule has 3 heterocycles. The highest BCUT2D eigenvalue weighted by atomic mass is 32.1. The average Bonchev–Trinajstić information content (AvgIpc) is 3.46. The molecule has 4 aromatic carbocycles. The molecule has 0 aliphatic carbocycles. The van der Waals surface area contributed by atoms with Crippen LogP contribution >= 0.6 is 11.3 Å². The van der Waals surface area contributed by atoms with Crippen molar-refractivity contribution in [3.63, 3.8) is 0 Å². The molecule has 0 aliphatic heterocycles. The number of pyridine rings is 1. The Bertz CT molecular complexity index is 1770. The van der Waals surface area contributed by atoms with E-state index >= 15 is 0 Å². The molecule has 3 aromatic heterocycles. The van der Waals surface area contributed by atoms with Gasteiger partial charge in [-0.2, -0.15) is 0 Å². The van der Waals surface area contributed by atoms with Crippen molar-refractivity contribution in [1.82, 2.24) is 9.55 Å². The molecule has 0 aliphatic rings. The van der Waals surface area contributed by atoms with Crippen LogP contribution in [0.3, 0.4) is 0 Å². The molecule has 0 N–H and O–H groups in total. The maximum Gasteiger partial charge on any atom is 0.145 e. The van der Waals surface area contributed by atoms with Crippen LogP contribution < -0.4 is 0 Å². The number of hydrogen-bond donors (Lipinski definition) is 0. The number of hydrogen-bond acceptors (Lipinski definition) is 2. The molecular weight excluding hydrogens is 408 g/mol. The first-order chi connectivity index (χ1) is 15.9. The van der Waals surface area contributed by atoms with Crippen LogP contribution in [0.2, 0.25) is 0 Å². The quantitative estimate of drug-likeness (QED) is 0.272. The average molecular weight is 427 g/mol. The zero-order valence-corrected chi connectivity index (χ0v) is 18.0. The predicted molar refractivity (Wildman–Crippen MR) is 137 cm³/mol. The maximum absolute atomic E-state index is 5.06. The van der Waals surface area contributed by atoms with Gasteiger partial charge in [0.15, 0.2) is 0 Å². The van der Waals surface area contributed by atoms with Crippen LogP contribution in [0.25, 0.3) is 59.6 Å². The molecule has 2 nitrogen and oxygen atoms in total. The molecule has 7 aromatic rings. The zero-order valence-electron chi connectivity index (χ0n) is 17.2. The second kappa shape index (κ2) is 6.78. The number of fused-ring (bicyclic) bond motifs is 6. The van der Waals surface area contributed by atoms with Gasteiger partial charge in [-0.15, -0.1) is 11.3 Å². The molecule has 0 saturated carbocycles. The van der Waals surface area contributed by atoms with Crippen molar-refractivity contribution >= 4 is 54.0 Å². The van der Waals surface area contributed by atoms with Gasteiger partial charge in [0.1, 0.15) is 5.82 Å². The first kappa shape index (κ1) is 17.7. The minimum atomic E-state index is 0.974. The van der Waals surface area contributed by atoms with Gasteiger partial charge in [0, 0.05) is 32.6 Å². The van der Waals surface area contributed by atoms with Gasteiger partial charge >= 0.3 is 0 Å². The van der Waals surface area contributed by atoms with Gasteiger partial charge in [-0.1, -0.05) is 78.9 Å². The standard InChI is InChI=1S/C29H18N2S/c1-2-8-19(9-3-1)24-18-30-29(22-11-5-4-10-21(22)24)31-25-13-7-6-12-23(25)27-26(31)15-14-20-16-17-32-28(20)27/h1-18H. The van der Waals surface area contributed by atoms with Crippen LogP contribution in [0.1, 0.15) is 0 Å². The molecule has 0 amide bonds. The summed E-state index contributed by atoms with van der Waals surface area (Å²) < 4.78 is 3.67. The van der Waals surface area contributed by atoms with Gasteiger partial charge in [0.25, 0.3) is 0 Å². The van der Waals surface area contributed by atoms with Crippen LogP contribution in [0, 0.1) is 0 Å². The van der Waals surface area contributed by atoms with Crippen molar-refractivity contribution in [3.05, 3.63) is 109 Å². The van der Waals surface area contributed by atoms with Gasteiger partial charge in [-0.3, -0.25) is 4.57 Å². The van der Waals surface area contributed by atoms with E-state index in [0.717, 1.165) is 16.8 Å². The maximum atomic E-state index is 5.06. The monoisotopic (exact) mass is 426 g/mol. The number of thiophene rings is 1. The highest BCUT2D eigenvalue weighted by Gasteiger charge is 2.18. The lowest BCUT2D eigenvalue weighted by molar-refractivity contribution is 1.10. The predicted octanol–water partition coefficient (Wildman–Crippen LogP) is 8.21. The minimum absolute atomic E-state index is 0.974. The fourth-order valence-corrected chi connectivity index (χ4v) is 5.87. The molecule has 0 saturated heterocycles. The van der Waals surface area contributed by atoms with Crippen molar-refractivity contribution in [2.24, 2.45) is 0 Å². The molecule has 0 spiro atoms. The Kier molecular flexibility index (Phi) is 3.75. The van der Waals surface area contributed by atoms with Crippen molar-refractivity contribution in [2.45, 2.75) is 0 Å². The third kappa shape index (κ3) is 2.43. The second-order valence-corrected chi connectivity index (χ2v) is 8.97. The summed E-state index contributed by atoms with van der Waals surface area (Å²) in [6.45, 7) is 0. The first-order valence-electron chi connectivity index (χ1n) is 10.7. The third-order valence-corrected chi connectivity index (χ3v) is 7.27. The summed E-state index contributed by atoms with van der Waals surface area (Å²) in [5, 5.41) is 8.43. The van der Waals surface area contributed by atoms with E-state index in [2.05, 4.69) is 107 Å². The van der Waals surface area contributed by atoms with Gasteiger partial charge in [0.05, 0.1) is 11.0 Å². The lowest BCUT2D eigenvalue weighted by atomic mass is 10.0. The van der Waals surface area contributed by atoms with Gasteiger partial charge in [-0.05, 0) is 39.9 Å². The number of benzene rings is 4. The normalized spacial score (nSPS) is 11.8. The van der Waals surface area contributed by atoms with Crippen molar-refractivity contribution < 1.29 is 0 Å². The summed E-state index contributed by atoms with van der Waals surface area (Å²) in [6, 6.07) is 34.5. The Morgan fingerprint density at radius 2 is 1.38 bits per heavy atom. The summed E-state index contributed by atoms with van der Waals surface area (Å²) in [4.78, 5) is 5.06. The summed E-state index contributed by atoms with van der Waals surface area (Å²) in [5.74, 6) is 0.974. The number of nitrogens with zero attached hydrogens (tertiary/aromatic N) is 2. The van der Waals surface area contributed by atoms with Gasteiger partial charge in [0.2, 0.25) is 0 Å². The number of para-hydroxylation sites is 1. The summed E-state index contributed by atoms with van der Waals surface area (Å²) in [6.07, 6.45) is 2.03. The molecule has 7 rings (SSSR count). The molecule has 150 valence electrons. The molecule has 0 radical (unpaired) electrons. The van der Waals surface area contributed by atoms with Crippen molar-refractivity contribution in [2.75, 3.05) is 0 Å². The van der Waals surface area contributed by atoms with Crippen LogP contribution in [0.5, 0.6) is 0 Å². The smallest absolute Gasteiger partial charge is 0.145 e. The molecule has 32 heavy (non-hydrogen) atoms. The van der Waals surface area contributed by atoms with E-state index in [9.17, 15) is 0 Å². The van der Waals surface area contributed by atoms with Crippen LogP contribution in [-0.2, 0) is 0 Å². The van der Waals surface area contributed by atoms with E-state index in [1.807, 2.05) is 17.5 Å². The fourth-order valence-electron chi connectivity index (χ4n) is 4.91. The van der Waals surface area contributed by atoms with E-state index in [0.29, 0.717) is 0 Å². The number of rotatable bonds is 2. The van der Waals surface area contributed by atoms with Gasteiger partial charge in [-0.25, -0.2) is 4.98 Å². The van der Waals surface area contributed by atoms with Crippen molar-refractivity contribution in [1.29, 1.82) is 0 Å². The Labute approximate surface area is 189 Å². The second-order valence-electron chi connectivity index (χ2n) is 8.06. The van der Waals surface area contributed by atoms with Crippen LogP contribution in [0.15, 0.2) is 109 Å². The molecule has 0 unspecified atom stereocenters. The molecular formula is C29H18N2S. The highest BCUT2D eigenvalue weighted by molar-refractivity contribution is 7.18. The molecule has 0 bridgehead atoms. The van der Waals surface area contributed by atoms with E-state index in [4.69, 9.17) is 4.98 Å². The topological polar surface area (TPSA) is 17.8 Å². The molecule has 3 heteroatoms. The van der Waals surface area contributed by atoms with E-state index in [-0.39, 0.29) is 0 Å². The molecule has 0 fully saturated rings. The highest BCUT2D eigenvalue weighted by Crippen LogP contribution is 2.40. The lowest BCUT2D eigenvalue weighted by Gasteiger charge is -2.13. The third-order valence-electron chi connectivity index (χ3n) is 6.33. The van der Waals surface area contributed by atoms with Gasteiger partial charge < -0.3 is 0 Å². The zero-order chi connectivity index (χ0) is 21.1. The van der Waals surface area contributed by atoms with Crippen LogP contribution in [0.4, 0.5) is 0 Å². The van der Waals surface area contributed by atoms with Crippen LogP contribution in [-0.4, -0.2) is 9.55 Å². The lowest BCUT2D eigenvalue weighted by Crippen LogP contribution is -1.99. The Hall–Kier alpha value is -3.95. The minimum Gasteiger partial charge on any atom is -0.293 e. The SMILES string of the molecule is c1ccc(-c2cnc(-n3c4ccccc4c4c5sccc5ccc43)c3ccccc23)cc1.